The van der Waals surface area contributed by atoms with Crippen molar-refractivity contribution in [1.82, 2.24) is 16.2 Å². The van der Waals surface area contributed by atoms with E-state index in [4.69, 9.17) is 9.47 Å². The predicted molar refractivity (Wildman–Crippen MR) is 99.9 cm³/mol. The van der Waals surface area contributed by atoms with Gasteiger partial charge in [0.05, 0.1) is 32.2 Å². The van der Waals surface area contributed by atoms with Crippen LogP contribution in [0.15, 0.2) is 48.5 Å². The van der Waals surface area contributed by atoms with E-state index >= 15 is 0 Å². The summed E-state index contributed by atoms with van der Waals surface area (Å²) in [5.74, 6) is 1.15. The van der Waals surface area contributed by atoms with Crippen molar-refractivity contribution in [2.75, 3.05) is 20.8 Å². The Bertz CT molecular complexity index is 751. The number of hydrogen-bond donors (Lipinski definition) is 3. The van der Waals surface area contributed by atoms with Crippen molar-refractivity contribution >= 4 is 5.91 Å². The van der Waals surface area contributed by atoms with E-state index in [0.717, 1.165) is 11.1 Å². The third kappa shape index (κ3) is 3.81. The minimum absolute atomic E-state index is 0.0126. The molecule has 0 radical (unpaired) electrons. The van der Waals surface area contributed by atoms with Crippen LogP contribution in [0.5, 0.6) is 11.5 Å². The number of benzene rings is 2. The van der Waals surface area contributed by atoms with Gasteiger partial charge < -0.3 is 14.8 Å². The summed E-state index contributed by atoms with van der Waals surface area (Å²) in [4.78, 5) is 12.8. The van der Waals surface area contributed by atoms with Crippen LogP contribution < -0.4 is 25.6 Å². The Balaban J connectivity index is 1.71. The maximum absolute atomic E-state index is 12.8. The maximum atomic E-state index is 12.8. The van der Waals surface area contributed by atoms with Crippen LogP contribution in [0, 0.1) is 5.92 Å². The molecule has 0 spiro atoms. The van der Waals surface area contributed by atoms with Gasteiger partial charge in [-0.2, -0.15) is 0 Å². The number of ether oxygens (including phenoxy) is 2. The molecule has 138 valence electrons. The summed E-state index contributed by atoms with van der Waals surface area (Å²) in [6.07, 6.45) is 0. The van der Waals surface area contributed by atoms with Crippen LogP contribution in [0.25, 0.3) is 0 Å². The fraction of sp³-hybridized carbons (Fsp3) is 0.350. The number of amides is 1. The Morgan fingerprint density at radius 3 is 2.54 bits per heavy atom. The second-order valence-electron chi connectivity index (χ2n) is 6.36. The fourth-order valence-electron chi connectivity index (χ4n) is 3.24. The molecule has 1 saturated heterocycles. The highest BCUT2D eigenvalue weighted by Crippen LogP contribution is 2.30. The quantitative estimate of drug-likeness (QED) is 0.742. The standard InChI is InChI=1S/C20H25N3O3/c1-13(15-9-10-17(25-2)18(11-15)26-3)22-20(24)16-12-21-23-19(16)14-7-5-4-6-8-14/h4-11,13,16,19,21,23H,12H2,1-3H3,(H,22,24). The molecule has 3 unspecified atom stereocenters. The Morgan fingerprint density at radius 2 is 1.85 bits per heavy atom. The molecule has 3 N–H and O–H groups in total. The highest BCUT2D eigenvalue weighted by atomic mass is 16.5. The molecule has 6 nitrogen and oxygen atoms in total. The predicted octanol–water partition coefficient (Wildman–Crippen LogP) is 2.35. The Morgan fingerprint density at radius 1 is 1.12 bits per heavy atom. The molecule has 0 saturated carbocycles. The van der Waals surface area contributed by atoms with Gasteiger partial charge in [-0.15, -0.1) is 0 Å². The van der Waals surface area contributed by atoms with E-state index in [2.05, 4.69) is 16.2 Å². The van der Waals surface area contributed by atoms with Crippen LogP contribution in [-0.4, -0.2) is 26.7 Å². The molecule has 1 fully saturated rings. The lowest BCUT2D eigenvalue weighted by molar-refractivity contribution is -0.125. The first kappa shape index (κ1) is 18.2. The minimum atomic E-state index is -0.181. The summed E-state index contributed by atoms with van der Waals surface area (Å²) in [5, 5.41) is 3.11. The normalized spacial score (nSPS) is 20.4. The maximum Gasteiger partial charge on any atom is 0.226 e. The molecule has 1 heterocycles. The molecular weight excluding hydrogens is 330 g/mol. The number of hydrazine groups is 1. The number of carbonyl (C=O) groups is 1. The molecule has 6 heteroatoms. The largest absolute Gasteiger partial charge is 0.493 e. The van der Waals surface area contributed by atoms with Crippen LogP contribution in [-0.2, 0) is 4.79 Å². The van der Waals surface area contributed by atoms with Crippen LogP contribution >= 0.6 is 0 Å². The van der Waals surface area contributed by atoms with Crippen molar-refractivity contribution in [1.29, 1.82) is 0 Å². The van der Waals surface area contributed by atoms with Gasteiger partial charge in [-0.05, 0) is 30.2 Å². The van der Waals surface area contributed by atoms with E-state index in [0.29, 0.717) is 18.0 Å². The molecule has 0 aromatic heterocycles. The Kier molecular flexibility index (Phi) is 5.75. The summed E-state index contributed by atoms with van der Waals surface area (Å²) in [5.41, 5.74) is 8.36. The van der Waals surface area contributed by atoms with Crippen molar-refractivity contribution in [3.63, 3.8) is 0 Å². The number of methoxy groups -OCH3 is 2. The molecule has 0 aliphatic carbocycles. The number of hydrogen-bond acceptors (Lipinski definition) is 5. The smallest absolute Gasteiger partial charge is 0.226 e. The monoisotopic (exact) mass is 355 g/mol. The summed E-state index contributed by atoms with van der Waals surface area (Å²) >= 11 is 0. The molecule has 0 bridgehead atoms. The van der Waals surface area contributed by atoms with Crippen LogP contribution in [0.2, 0.25) is 0 Å². The molecule has 3 atom stereocenters. The first-order valence-corrected chi connectivity index (χ1v) is 8.69. The highest BCUT2D eigenvalue weighted by molar-refractivity contribution is 5.80. The van der Waals surface area contributed by atoms with Gasteiger partial charge in [0.15, 0.2) is 11.5 Å². The second kappa shape index (κ2) is 8.21. The van der Waals surface area contributed by atoms with Crippen molar-refractivity contribution < 1.29 is 14.3 Å². The van der Waals surface area contributed by atoms with E-state index < -0.39 is 0 Å². The van der Waals surface area contributed by atoms with Gasteiger partial charge in [0.1, 0.15) is 0 Å². The van der Waals surface area contributed by atoms with Gasteiger partial charge >= 0.3 is 0 Å². The van der Waals surface area contributed by atoms with Gasteiger partial charge in [0.2, 0.25) is 5.91 Å². The third-order valence-corrected chi connectivity index (χ3v) is 4.74. The molecule has 2 aromatic carbocycles. The van der Waals surface area contributed by atoms with E-state index in [-0.39, 0.29) is 23.9 Å². The van der Waals surface area contributed by atoms with Crippen molar-refractivity contribution in [3.05, 3.63) is 59.7 Å². The highest BCUT2D eigenvalue weighted by Gasteiger charge is 2.34. The molecular formula is C20H25N3O3. The lowest BCUT2D eigenvalue weighted by Gasteiger charge is -2.22. The molecule has 1 amide bonds. The average Bonchev–Trinajstić information content (AvgIpc) is 3.18. The minimum Gasteiger partial charge on any atom is -0.493 e. The first-order chi connectivity index (χ1) is 12.6. The Hall–Kier alpha value is -2.57. The molecule has 3 rings (SSSR count). The van der Waals surface area contributed by atoms with E-state index in [1.165, 1.54) is 0 Å². The molecule has 1 aliphatic rings. The molecule has 2 aromatic rings. The van der Waals surface area contributed by atoms with Crippen molar-refractivity contribution in [2.45, 2.75) is 19.0 Å². The lowest BCUT2D eigenvalue weighted by atomic mass is 9.93. The topological polar surface area (TPSA) is 71.6 Å². The average molecular weight is 355 g/mol. The van der Waals surface area contributed by atoms with Crippen LogP contribution in [0.4, 0.5) is 0 Å². The Labute approximate surface area is 153 Å². The number of carbonyl (C=O) groups excluding carboxylic acids is 1. The van der Waals surface area contributed by atoms with Crippen molar-refractivity contribution in [3.8, 4) is 11.5 Å². The number of rotatable bonds is 6. The summed E-state index contributed by atoms with van der Waals surface area (Å²) < 4.78 is 10.6. The van der Waals surface area contributed by atoms with Crippen LogP contribution in [0.3, 0.4) is 0 Å². The SMILES string of the molecule is COc1ccc(C(C)NC(=O)C2CNNC2c2ccccc2)cc1OC. The number of nitrogens with one attached hydrogen (secondary N) is 3. The first-order valence-electron chi connectivity index (χ1n) is 8.69. The van der Waals surface area contributed by atoms with Gasteiger partial charge in [-0.1, -0.05) is 36.4 Å². The van der Waals surface area contributed by atoms with E-state index in [1.807, 2.05) is 55.5 Å². The fourth-order valence-corrected chi connectivity index (χ4v) is 3.24. The van der Waals surface area contributed by atoms with Gasteiger partial charge in [0, 0.05) is 6.54 Å². The van der Waals surface area contributed by atoms with Crippen molar-refractivity contribution in [2.24, 2.45) is 5.92 Å². The van der Waals surface area contributed by atoms with Gasteiger partial charge in [0.25, 0.3) is 0 Å². The summed E-state index contributed by atoms with van der Waals surface area (Å²) in [7, 11) is 3.21. The van der Waals surface area contributed by atoms with E-state index in [9.17, 15) is 4.79 Å². The van der Waals surface area contributed by atoms with E-state index in [1.54, 1.807) is 14.2 Å². The molecule has 1 aliphatic heterocycles. The summed E-state index contributed by atoms with van der Waals surface area (Å²) in [6, 6.07) is 15.5. The zero-order chi connectivity index (χ0) is 18.5. The zero-order valence-electron chi connectivity index (χ0n) is 15.3. The van der Waals surface area contributed by atoms with Gasteiger partial charge in [-0.3, -0.25) is 10.2 Å². The summed E-state index contributed by atoms with van der Waals surface area (Å²) in [6.45, 7) is 2.55. The lowest BCUT2D eigenvalue weighted by Crippen LogP contribution is -2.36. The molecule has 26 heavy (non-hydrogen) atoms. The second-order valence-corrected chi connectivity index (χ2v) is 6.36. The van der Waals surface area contributed by atoms with Crippen LogP contribution in [0.1, 0.15) is 30.1 Å². The third-order valence-electron chi connectivity index (χ3n) is 4.74. The van der Waals surface area contributed by atoms with Gasteiger partial charge in [-0.25, -0.2) is 5.43 Å². The zero-order valence-corrected chi connectivity index (χ0v) is 15.3.